The molecule has 7 nitrogen and oxygen atoms in total. The fourth-order valence-corrected chi connectivity index (χ4v) is 3.06. The summed E-state index contributed by atoms with van der Waals surface area (Å²) in [6.45, 7) is 2.03. The SMILES string of the molecule is Cc1ccc2[nH]c3nc(SCC(=O)Nc4ccccn4)nnc3c2c1. The number of benzene rings is 1. The molecule has 0 saturated heterocycles. The van der Waals surface area contributed by atoms with Gasteiger partial charge in [0.1, 0.15) is 11.3 Å². The van der Waals surface area contributed by atoms with Crippen molar-refractivity contribution >= 4 is 45.6 Å². The van der Waals surface area contributed by atoms with Crippen LogP contribution < -0.4 is 5.32 Å². The summed E-state index contributed by atoms with van der Waals surface area (Å²) < 4.78 is 0. The smallest absolute Gasteiger partial charge is 0.236 e. The van der Waals surface area contributed by atoms with Gasteiger partial charge in [-0.3, -0.25) is 4.79 Å². The molecule has 25 heavy (non-hydrogen) atoms. The fraction of sp³-hybridized carbons (Fsp3) is 0.118. The highest BCUT2D eigenvalue weighted by molar-refractivity contribution is 7.99. The van der Waals surface area contributed by atoms with E-state index in [1.165, 1.54) is 11.8 Å². The summed E-state index contributed by atoms with van der Waals surface area (Å²) >= 11 is 1.23. The van der Waals surface area contributed by atoms with Gasteiger partial charge >= 0.3 is 0 Å². The molecule has 0 radical (unpaired) electrons. The van der Waals surface area contributed by atoms with Crippen LogP contribution in [0.15, 0.2) is 47.8 Å². The van der Waals surface area contributed by atoms with E-state index in [2.05, 4.69) is 36.5 Å². The molecule has 3 aromatic heterocycles. The Bertz CT molecular complexity index is 1060. The number of pyridine rings is 1. The number of hydrogen-bond acceptors (Lipinski definition) is 6. The molecule has 0 bridgehead atoms. The first kappa shape index (κ1) is 15.5. The molecular formula is C17H14N6OS. The van der Waals surface area contributed by atoms with Crippen LogP contribution in [0.2, 0.25) is 0 Å². The Hall–Kier alpha value is -3.00. The predicted octanol–water partition coefficient (Wildman–Crippen LogP) is 2.94. The van der Waals surface area contributed by atoms with Gasteiger partial charge in [0, 0.05) is 17.1 Å². The third kappa shape index (κ3) is 3.29. The van der Waals surface area contributed by atoms with Crippen molar-refractivity contribution in [1.82, 2.24) is 25.1 Å². The molecule has 0 aliphatic rings. The molecule has 8 heteroatoms. The average Bonchev–Trinajstić information content (AvgIpc) is 2.98. The van der Waals surface area contributed by atoms with Gasteiger partial charge in [0.2, 0.25) is 11.1 Å². The zero-order valence-electron chi connectivity index (χ0n) is 13.4. The Balaban J connectivity index is 1.50. The Kier molecular flexibility index (Phi) is 4.02. The highest BCUT2D eigenvalue weighted by Gasteiger charge is 2.11. The van der Waals surface area contributed by atoms with E-state index in [0.29, 0.717) is 16.6 Å². The minimum atomic E-state index is -0.167. The molecule has 4 aromatic rings. The third-order valence-corrected chi connectivity index (χ3v) is 4.45. The average molecular weight is 350 g/mol. The van der Waals surface area contributed by atoms with Crippen molar-refractivity contribution in [3.63, 3.8) is 0 Å². The van der Waals surface area contributed by atoms with Gasteiger partial charge < -0.3 is 10.3 Å². The van der Waals surface area contributed by atoms with E-state index >= 15 is 0 Å². The van der Waals surface area contributed by atoms with E-state index in [1.54, 1.807) is 18.3 Å². The van der Waals surface area contributed by atoms with E-state index in [0.717, 1.165) is 22.0 Å². The normalized spacial score (nSPS) is 11.1. The number of aromatic amines is 1. The second-order valence-corrected chi connectivity index (χ2v) is 6.46. The molecule has 0 unspecified atom stereocenters. The first-order valence-corrected chi connectivity index (χ1v) is 8.64. The van der Waals surface area contributed by atoms with Crippen molar-refractivity contribution in [2.75, 3.05) is 11.1 Å². The molecule has 0 aliphatic heterocycles. The third-order valence-electron chi connectivity index (χ3n) is 3.62. The zero-order chi connectivity index (χ0) is 17.2. The Morgan fingerprint density at radius 2 is 2.16 bits per heavy atom. The molecule has 1 amide bonds. The monoisotopic (exact) mass is 350 g/mol. The van der Waals surface area contributed by atoms with Gasteiger partial charge in [0.15, 0.2) is 5.65 Å². The van der Waals surface area contributed by atoms with Crippen LogP contribution in [0, 0.1) is 6.92 Å². The number of aromatic nitrogens is 5. The van der Waals surface area contributed by atoms with Crippen molar-refractivity contribution < 1.29 is 4.79 Å². The lowest BCUT2D eigenvalue weighted by Gasteiger charge is -2.02. The van der Waals surface area contributed by atoms with Crippen molar-refractivity contribution in [2.45, 2.75) is 12.1 Å². The predicted molar refractivity (Wildman–Crippen MR) is 97.5 cm³/mol. The van der Waals surface area contributed by atoms with Crippen molar-refractivity contribution in [2.24, 2.45) is 0 Å². The summed E-state index contributed by atoms with van der Waals surface area (Å²) in [4.78, 5) is 23.7. The second-order valence-electron chi connectivity index (χ2n) is 5.52. The van der Waals surface area contributed by atoms with Crippen molar-refractivity contribution in [1.29, 1.82) is 0 Å². The zero-order valence-corrected chi connectivity index (χ0v) is 14.2. The summed E-state index contributed by atoms with van der Waals surface area (Å²) in [5.74, 6) is 0.538. The number of rotatable bonds is 4. The second kappa shape index (κ2) is 6.48. The highest BCUT2D eigenvalue weighted by atomic mass is 32.2. The van der Waals surface area contributed by atoms with Gasteiger partial charge in [-0.05, 0) is 31.2 Å². The minimum Gasteiger partial charge on any atom is -0.338 e. The molecule has 0 aliphatic carbocycles. The number of amides is 1. The van der Waals surface area contributed by atoms with Crippen LogP contribution in [0.4, 0.5) is 5.82 Å². The molecule has 4 rings (SSSR count). The topological polar surface area (TPSA) is 96.5 Å². The number of carbonyl (C=O) groups excluding carboxylic acids is 1. The van der Waals surface area contributed by atoms with Crippen molar-refractivity contribution in [3.05, 3.63) is 48.2 Å². The number of hydrogen-bond donors (Lipinski definition) is 2. The Morgan fingerprint density at radius 1 is 1.24 bits per heavy atom. The molecule has 124 valence electrons. The molecule has 1 aromatic carbocycles. The van der Waals surface area contributed by atoms with E-state index in [9.17, 15) is 4.79 Å². The molecule has 0 fully saturated rings. The largest absolute Gasteiger partial charge is 0.338 e. The van der Waals surface area contributed by atoms with Crippen LogP contribution in [-0.4, -0.2) is 36.8 Å². The Labute approximate surface area is 147 Å². The lowest BCUT2D eigenvalue weighted by molar-refractivity contribution is -0.113. The lowest BCUT2D eigenvalue weighted by atomic mass is 10.2. The van der Waals surface area contributed by atoms with Gasteiger partial charge in [-0.2, -0.15) is 0 Å². The van der Waals surface area contributed by atoms with Crippen LogP contribution >= 0.6 is 11.8 Å². The van der Waals surface area contributed by atoms with Gasteiger partial charge in [-0.25, -0.2) is 9.97 Å². The maximum Gasteiger partial charge on any atom is 0.236 e. The van der Waals surface area contributed by atoms with E-state index in [4.69, 9.17) is 0 Å². The van der Waals surface area contributed by atoms with E-state index in [1.807, 2.05) is 25.1 Å². The molecular weight excluding hydrogens is 336 g/mol. The number of anilines is 1. The molecule has 0 spiro atoms. The van der Waals surface area contributed by atoms with Gasteiger partial charge in [-0.15, -0.1) is 10.2 Å². The van der Waals surface area contributed by atoms with Crippen LogP contribution in [0.1, 0.15) is 5.56 Å². The lowest BCUT2D eigenvalue weighted by Crippen LogP contribution is -2.15. The number of H-pyrrole nitrogens is 1. The first-order valence-electron chi connectivity index (χ1n) is 7.65. The van der Waals surface area contributed by atoms with Crippen LogP contribution in [-0.2, 0) is 4.79 Å². The van der Waals surface area contributed by atoms with E-state index in [-0.39, 0.29) is 11.7 Å². The number of nitrogens with one attached hydrogen (secondary N) is 2. The standard InChI is InChI=1S/C17H14N6OS/c1-10-5-6-12-11(8-10)15-16(19-12)21-17(23-22-15)25-9-14(24)20-13-4-2-3-7-18-13/h2-8H,9H2,1H3,(H,18,20,24)(H,19,21,23). The van der Waals surface area contributed by atoms with Gasteiger partial charge in [-0.1, -0.05) is 29.5 Å². The maximum absolute atomic E-state index is 12.0. The molecule has 2 N–H and O–H groups in total. The minimum absolute atomic E-state index is 0.167. The molecule has 0 atom stereocenters. The van der Waals surface area contributed by atoms with Gasteiger partial charge in [0.05, 0.1) is 5.75 Å². The maximum atomic E-state index is 12.0. The summed E-state index contributed by atoms with van der Waals surface area (Å²) in [5.41, 5.74) is 3.53. The summed E-state index contributed by atoms with van der Waals surface area (Å²) in [6, 6.07) is 11.4. The molecule has 0 saturated carbocycles. The van der Waals surface area contributed by atoms with E-state index < -0.39 is 0 Å². The first-order chi connectivity index (χ1) is 12.2. The number of nitrogens with zero attached hydrogens (tertiary/aromatic N) is 4. The van der Waals surface area contributed by atoms with Gasteiger partial charge in [0.25, 0.3) is 0 Å². The van der Waals surface area contributed by atoms with Crippen molar-refractivity contribution in [3.8, 4) is 0 Å². The Morgan fingerprint density at radius 3 is 3.00 bits per heavy atom. The summed E-state index contributed by atoms with van der Waals surface area (Å²) in [6.07, 6.45) is 1.63. The number of fused-ring (bicyclic) bond motifs is 3. The fourth-order valence-electron chi connectivity index (χ4n) is 2.48. The number of aryl methyl sites for hydroxylation is 1. The highest BCUT2D eigenvalue weighted by Crippen LogP contribution is 2.24. The van der Waals surface area contributed by atoms with Crippen LogP contribution in [0.25, 0.3) is 22.1 Å². The number of carbonyl (C=O) groups is 1. The summed E-state index contributed by atoms with van der Waals surface area (Å²) in [5, 5.41) is 12.6. The quantitative estimate of drug-likeness (QED) is 0.549. The number of thioether (sulfide) groups is 1. The van der Waals surface area contributed by atoms with Crippen LogP contribution in [0.3, 0.4) is 0 Å². The summed E-state index contributed by atoms with van der Waals surface area (Å²) in [7, 11) is 0. The van der Waals surface area contributed by atoms with Crippen LogP contribution in [0.5, 0.6) is 0 Å². The molecule has 3 heterocycles.